The zero-order chi connectivity index (χ0) is 10.6. The van der Waals surface area contributed by atoms with Crippen LogP contribution in [0.4, 0.5) is 0 Å². The van der Waals surface area contributed by atoms with E-state index in [1.807, 2.05) is 13.8 Å². The van der Waals surface area contributed by atoms with Crippen LogP contribution >= 0.6 is 0 Å². The summed E-state index contributed by atoms with van der Waals surface area (Å²) in [4.78, 5) is 18.2. The summed E-state index contributed by atoms with van der Waals surface area (Å²) < 4.78 is 0. The van der Waals surface area contributed by atoms with Gasteiger partial charge in [0.05, 0.1) is 12.4 Å². The van der Waals surface area contributed by atoms with Crippen LogP contribution in [0.5, 0.6) is 0 Å². The molecule has 0 aromatic carbocycles. The van der Waals surface area contributed by atoms with Crippen LogP contribution in [0.1, 0.15) is 19.5 Å². The highest BCUT2D eigenvalue weighted by atomic mass is 16.2. The molecule has 1 amide bonds. The van der Waals surface area contributed by atoms with Crippen molar-refractivity contribution in [1.29, 1.82) is 0 Å². The highest BCUT2D eigenvalue weighted by molar-refractivity contribution is 5.81. The average Bonchev–Trinajstić information content (AvgIpc) is 2.55. The van der Waals surface area contributed by atoms with E-state index < -0.39 is 6.04 Å². The van der Waals surface area contributed by atoms with Crippen molar-refractivity contribution >= 4 is 5.91 Å². The number of nitrogens with two attached hydrogens (primary N) is 1. The van der Waals surface area contributed by atoms with Crippen LogP contribution in [0.25, 0.3) is 0 Å². The van der Waals surface area contributed by atoms with Crippen molar-refractivity contribution in [3.05, 3.63) is 18.2 Å². The van der Waals surface area contributed by atoms with Crippen molar-refractivity contribution in [2.45, 2.75) is 32.4 Å². The third-order valence-electron chi connectivity index (χ3n) is 1.76. The Bertz CT molecular complexity index is 281. The van der Waals surface area contributed by atoms with Crippen molar-refractivity contribution in [2.75, 3.05) is 0 Å². The molecule has 5 heteroatoms. The first-order valence-corrected chi connectivity index (χ1v) is 4.63. The topological polar surface area (TPSA) is 83.8 Å². The lowest BCUT2D eigenvalue weighted by Crippen LogP contribution is -2.44. The quantitative estimate of drug-likeness (QED) is 0.623. The van der Waals surface area contributed by atoms with Gasteiger partial charge in [0.25, 0.3) is 0 Å². The molecule has 0 aliphatic carbocycles. The normalized spacial score (nSPS) is 12.9. The van der Waals surface area contributed by atoms with E-state index in [4.69, 9.17) is 5.73 Å². The minimum atomic E-state index is -0.516. The fourth-order valence-electron chi connectivity index (χ4n) is 1.12. The van der Waals surface area contributed by atoms with Gasteiger partial charge in [0.2, 0.25) is 5.91 Å². The fourth-order valence-corrected chi connectivity index (χ4v) is 1.12. The molecule has 1 aromatic rings. The number of nitrogens with one attached hydrogen (secondary N) is 2. The summed E-state index contributed by atoms with van der Waals surface area (Å²) >= 11 is 0. The van der Waals surface area contributed by atoms with Crippen LogP contribution in [0.3, 0.4) is 0 Å². The van der Waals surface area contributed by atoms with Gasteiger partial charge in [-0.15, -0.1) is 0 Å². The second-order valence-corrected chi connectivity index (χ2v) is 3.55. The number of rotatable bonds is 4. The molecule has 0 unspecified atom stereocenters. The molecule has 5 nitrogen and oxygen atoms in total. The molecular weight excluding hydrogens is 180 g/mol. The monoisotopic (exact) mass is 196 g/mol. The first kappa shape index (κ1) is 10.7. The van der Waals surface area contributed by atoms with Crippen LogP contribution in [0, 0.1) is 0 Å². The summed E-state index contributed by atoms with van der Waals surface area (Å²) in [5.41, 5.74) is 6.57. The Kier molecular flexibility index (Phi) is 3.64. The summed E-state index contributed by atoms with van der Waals surface area (Å²) in [7, 11) is 0. The zero-order valence-electron chi connectivity index (χ0n) is 8.45. The second-order valence-electron chi connectivity index (χ2n) is 3.55. The number of imidazole rings is 1. The average molecular weight is 196 g/mol. The highest BCUT2D eigenvalue weighted by Gasteiger charge is 2.14. The van der Waals surface area contributed by atoms with E-state index in [1.165, 1.54) is 0 Å². The summed E-state index contributed by atoms with van der Waals surface area (Å²) in [6.07, 6.45) is 3.73. The molecular formula is C9H16N4O. The van der Waals surface area contributed by atoms with Crippen LogP contribution in [0.15, 0.2) is 12.5 Å². The molecule has 0 spiro atoms. The number of aromatic nitrogens is 2. The molecule has 78 valence electrons. The summed E-state index contributed by atoms with van der Waals surface area (Å²) in [5, 5.41) is 2.76. The Hall–Kier alpha value is -1.36. The van der Waals surface area contributed by atoms with Crippen molar-refractivity contribution in [1.82, 2.24) is 15.3 Å². The Morgan fingerprint density at radius 2 is 2.43 bits per heavy atom. The minimum Gasteiger partial charge on any atom is -0.353 e. The molecule has 1 atom stereocenters. The summed E-state index contributed by atoms with van der Waals surface area (Å²) in [6.45, 7) is 3.81. The van der Waals surface area contributed by atoms with Gasteiger partial charge in [-0.1, -0.05) is 0 Å². The molecule has 1 aromatic heterocycles. The second kappa shape index (κ2) is 4.76. The number of carbonyl (C=O) groups is 1. The smallest absolute Gasteiger partial charge is 0.237 e. The number of H-pyrrole nitrogens is 1. The maximum Gasteiger partial charge on any atom is 0.237 e. The fraction of sp³-hybridized carbons (Fsp3) is 0.556. The molecule has 0 fully saturated rings. The molecule has 0 radical (unpaired) electrons. The van der Waals surface area contributed by atoms with Gasteiger partial charge in [0.15, 0.2) is 0 Å². The molecule has 0 aliphatic heterocycles. The van der Waals surface area contributed by atoms with E-state index in [1.54, 1.807) is 12.5 Å². The third kappa shape index (κ3) is 3.18. The number of carbonyl (C=O) groups excluding carboxylic acids is 1. The maximum absolute atomic E-state index is 11.4. The van der Waals surface area contributed by atoms with Gasteiger partial charge in [-0.25, -0.2) is 4.98 Å². The van der Waals surface area contributed by atoms with Gasteiger partial charge in [0.1, 0.15) is 0 Å². The van der Waals surface area contributed by atoms with Crippen molar-refractivity contribution < 1.29 is 4.79 Å². The minimum absolute atomic E-state index is 0.121. The number of aromatic amines is 1. The van der Waals surface area contributed by atoms with E-state index in [-0.39, 0.29) is 11.9 Å². The maximum atomic E-state index is 11.4. The predicted molar refractivity (Wildman–Crippen MR) is 53.5 cm³/mol. The summed E-state index contributed by atoms with van der Waals surface area (Å²) in [5.74, 6) is -0.130. The zero-order valence-corrected chi connectivity index (χ0v) is 8.45. The van der Waals surface area contributed by atoms with Crippen molar-refractivity contribution in [2.24, 2.45) is 5.73 Å². The van der Waals surface area contributed by atoms with Gasteiger partial charge < -0.3 is 16.0 Å². The number of nitrogens with zero attached hydrogens (tertiary/aromatic N) is 1. The van der Waals surface area contributed by atoms with Crippen LogP contribution < -0.4 is 11.1 Å². The molecule has 1 heterocycles. The SMILES string of the molecule is CC(C)NC(=O)[C@@H](N)Cc1cnc[nH]1. The van der Waals surface area contributed by atoms with E-state index in [0.717, 1.165) is 5.69 Å². The van der Waals surface area contributed by atoms with E-state index in [0.29, 0.717) is 6.42 Å². The Morgan fingerprint density at radius 1 is 1.71 bits per heavy atom. The van der Waals surface area contributed by atoms with E-state index in [2.05, 4.69) is 15.3 Å². The van der Waals surface area contributed by atoms with Gasteiger partial charge in [-0.05, 0) is 13.8 Å². The highest BCUT2D eigenvalue weighted by Crippen LogP contribution is 1.96. The predicted octanol–water partition coefficient (Wildman–Crippen LogP) is -0.196. The van der Waals surface area contributed by atoms with Gasteiger partial charge >= 0.3 is 0 Å². The van der Waals surface area contributed by atoms with E-state index in [9.17, 15) is 4.79 Å². The van der Waals surface area contributed by atoms with Crippen LogP contribution in [-0.2, 0) is 11.2 Å². The first-order valence-electron chi connectivity index (χ1n) is 4.63. The summed E-state index contributed by atoms with van der Waals surface area (Å²) in [6, 6.07) is -0.395. The molecule has 14 heavy (non-hydrogen) atoms. The van der Waals surface area contributed by atoms with Crippen molar-refractivity contribution in [3.8, 4) is 0 Å². The number of hydrogen-bond donors (Lipinski definition) is 3. The lowest BCUT2D eigenvalue weighted by Gasteiger charge is -2.13. The lowest BCUT2D eigenvalue weighted by atomic mass is 10.1. The molecule has 4 N–H and O–H groups in total. The van der Waals surface area contributed by atoms with Gasteiger partial charge in [0, 0.05) is 24.4 Å². The Morgan fingerprint density at radius 3 is 2.93 bits per heavy atom. The Balaban J connectivity index is 2.42. The van der Waals surface area contributed by atoms with Crippen molar-refractivity contribution in [3.63, 3.8) is 0 Å². The van der Waals surface area contributed by atoms with E-state index >= 15 is 0 Å². The van der Waals surface area contributed by atoms with Crippen LogP contribution in [-0.4, -0.2) is 28.0 Å². The van der Waals surface area contributed by atoms with Gasteiger partial charge in [-0.2, -0.15) is 0 Å². The molecule has 1 rings (SSSR count). The molecule has 0 aliphatic rings. The van der Waals surface area contributed by atoms with Gasteiger partial charge in [-0.3, -0.25) is 4.79 Å². The largest absolute Gasteiger partial charge is 0.353 e. The molecule has 0 saturated heterocycles. The number of amides is 1. The molecule has 0 bridgehead atoms. The number of hydrogen-bond acceptors (Lipinski definition) is 3. The Labute approximate surface area is 83.1 Å². The first-order chi connectivity index (χ1) is 6.59. The molecule has 0 saturated carbocycles. The lowest BCUT2D eigenvalue weighted by molar-refractivity contribution is -0.122. The van der Waals surface area contributed by atoms with Crippen LogP contribution in [0.2, 0.25) is 0 Å². The standard InChI is InChI=1S/C9H16N4O/c1-6(2)13-9(14)8(10)3-7-4-11-5-12-7/h4-6,8H,3,10H2,1-2H3,(H,11,12)(H,13,14)/t8-/m0/s1. The third-order valence-corrected chi connectivity index (χ3v) is 1.76.